The average Bonchev–Trinajstić information content (AvgIpc) is 3.05. The first-order valence-corrected chi connectivity index (χ1v) is 7.86. The normalized spacial score (nSPS) is 27.9. The summed E-state index contributed by atoms with van der Waals surface area (Å²) < 4.78 is 7.47. The van der Waals surface area contributed by atoms with Crippen molar-refractivity contribution in [3.8, 4) is 0 Å². The lowest BCUT2D eigenvalue weighted by Gasteiger charge is -2.17. The van der Waals surface area contributed by atoms with Crippen LogP contribution in [0.3, 0.4) is 0 Å². The predicted molar refractivity (Wildman–Crippen MR) is 81.0 cm³/mol. The van der Waals surface area contributed by atoms with Crippen molar-refractivity contribution < 1.29 is 9.84 Å². The summed E-state index contributed by atoms with van der Waals surface area (Å²) in [6.07, 6.45) is 2.70. The molecule has 3 N–H and O–H groups in total. The van der Waals surface area contributed by atoms with Crippen molar-refractivity contribution >= 4 is 28.7 Å². The number of nitrogen functional groups attached to an aromatic ring is 1. The van der Waals surface area contributed by atoms with E-state index in [0.29, 0.717) is 16.9 Å². The predicted octanol–water partition coefficient (Wildman–Crippen LogP) is 0.709. The second kappa shape index (κ2) is 5.97. The molecule has 2 aromatic heterocycles. The van der Waals surface area contributed by atoms with Crippen molar-refractivity contribution in [2.45, 2.75) is 24.5 Å². The molecule has 0 unspecified atom stereocenters. The quantitative estimate of drug-likeness (QED) is 0.478. The van der Waals surface area contributed by atoms with E-state index in [0.717, 1.165) is 0 Å². The standard InChI is InChI=1S/C11H14N8O2S/c1-22-2-5-8(20)6(17-18-13)11(21-5)19-4-16-7-9(12)14-3-15-10(7)19/h3-6,8,11,20H,2H2,1H3,(H2,12,14,15)/t5-,6-,8-,11-/m1/s1. The summed E-state index contributed by atoms with van der Waals surface area (Å²) in [5.74, 6) is 0.835. The maximum Gasteiger partial charge on any atom is 0.167 e. The third-order valence-electron chi connectivity index (χ3n) is 3.51. The largest absolute Gasteiger partial charge is 0.390 e. The van der Waals surface area contributed by atoms with Crippen LogP contribution in [0.25, 0.3) is 21.6 Å². The van der Waals surface area contributed by atoms with E-state index < -0.39 is 24.5 Å². The molecule has 116 valence electrons. The number of rotatable bonds is 4. The zero-order valence-electron chi connectivity index (χ0n) is 11.6. The van der Waals surface area contributed by atoms with Crippen molar-refractivity contribution in [1.29, 1.82) is 0 Å². The molecule has 11 heteroatoms. The van der Waals surface area contributed by atoms with Gasteiger partial charge in [-0.2, -0.15) is 11.8 Å². The number of nitrogens with zero attached hydrogens (tertiary/aromatic N) is 7. The number of nitrogens with two attached hydrogens (primary N) is 1. The Morgan fingerprint density at radius 2 is 2.36 bits per heavy atom. The molecule has 0 amide bonds. The summed E-state index contributed by atoms with van der Waals surface area (Å²) in [7, 11) is 0. The fourth-order valence-corrected chi connectivity index (χ4v) is 3.11. The first-order chi connectivity index (χ1) is 10.7. The number of thioether (sulfide) groups is 1. The summed E-state index contributed by atoms with van der Waals surface area (Å²) in [5, 5.41) is 14.0. The maximum atomic E-state index is 10.3. The fraction of sp³-hybridized carbons (Fsp3) is 0.545. The van der Waals surface area contributed by atoms with Crippen LogP contribution in [0.1, 0.15) is 6.23 Å². The average molecular weight is 322 g/mol. The van der Waals surface area contributed by atoms with Gasteiger partial charge >= 0.3 is 0 Å². The highest BCUT2D eigenvalue weighted by Crippen LogP contribution is 2.35. The van der Waals surface area contributed by atoms with Crippen LogP contribution in [0.4, 0.5) is 5.82 Å². The Balaban J connectivity index is 2.04. The van der Waals surface area contributed by atoms with Gasteiger partial charge in [0, 0.05) is 10.7 Å². The van der Waals surface area contributed by atoms with Gasteiger partial charge < -0.3 is 15.6 Å². The number of azide groups is 1. The molecule has 1 fully saturated rings. The van der Waals surface area contributed by atoms with Gasteiger partial charge in [0.1, 0.15) is 24.1 Å². The van der Waals surface area contributed by atoms with Crippen molar-refractivity contribution in [3.05, 3.63) is 23.1 Å². The van der Waals surface area contributed by atoms with Gasteiger partial charge in [-0.05, 0) is 11.8 Å². The van der Waals surface area contributed by atoms with Gasteiger partial charge in [0.2, 0.25) is 0 Å². The number of imidazole rings is 1. The monoisotopic (exact) mass is 322 g/mol. The summed E-state index contributed by atoms with van der Waals surface area (Å²) in [5.41, 5.74) is 15.4. The number of hydrogen-bond acceptors (Lipinski definition) is 8. The van der Waals surface area contributed by atoms with E-state index >= 15 is 0 Å². The fourth-order valence-electron chi connectivity index (χ4n) is 2.50. The van der Waals surface area contributed by atoms with E-state index in [2.05, 4.69) is 25.0 Å². The molecule has 1 saturated heterocycles. The van der Waals surface area contributed by atoms with Crippen LogP contribution in [-0.4, -0.2) is 54.9 Å². The number of aromatic nitrogens is 4. The SMILES string of the molecule is CSC[C@H]1O[C@@H](n2cnc3c(N)ncnc32)[C@H](N=[N+]=[N-])[C@@H]1O. The first-order valence-electron chi connectivity index (χ1n) is 6.47. The minimum Gasteiger partial charge on any atom is -0.390 e. The van der Waals surface area contributed by atoms with Crippen LogP contribution >= 0.6 is 11.8 Å². The van der Waals surface area contributed by atoms with Gasteiger partial charge in [-0.1, -0.05) is 5.11 Å². The van der Waals surface area contributed by atoms with Gasteiger partial charge in [-0.3, -0.25) is 4.57 Å². The minimum absolute atomic E-state index is 0.253. The molecule has 22 heavy (non-hydrogen) atoms. The van der Waals surface area contributed by atoms with E-state index in [1.165, 1.54) is 24.4 Å². The van der Waals surface area contributed by atoms with Gasteiger partial charge in [-0.25, -0.2) is 15.0 Å². The van der Waals surface area contributed by atoms with E-state index in [-0.39, 0.29) is 5.82 Å². The number of aliphatic hydroxyl groups excluding tert-OH is 1. The van der Waals surface area contributed by atoms with Crippen molar-refractivity contribution in [2.75, 3.05) is 17.7 Å². The van der Waals surface area contributed by atoms with E-state index in [9.17, 15) is 5.11 Å². The molecule has 2 aromatic rings. The van der Waals surface area contributed by atoms with Crippen molar-refractivity contribution in [1.82, 2.24) is 19.5 Å². The van der Waals surface area contributed by atoms with Crippen LogP contribution in [0.5, 0.6) is 0 Å². The Bertz CT molecular complexity index is 730. The number of ether oxygens (including phenoxy) is 1. The molecule has 0 radical (unpaired) electrons. The molecule has 4 atom stereocenters. The second-order valence-electron chi connectivity index (χ2n) is 4.79. The zero-order valence-corrected chi connectivity index (χ0v) is 12.5. The van der Waals surface area contributed by atoms with Crippen LogP contribution in [0, 0.1) is 0 Å². The molecule has 10 nitrogen and oxygen atoms in total. The van der Waals surface area contributed by atoms with Crippen molar-refractivity contribution in [2.24, 2.45) is 5.11 Å². The van der Waals surface area contributed by atoms with Gasteiger partial charge in [0.05, 0.1) is 18.5 Å². The molecule has 0 aromatic carbocycles. The molecule has 3 heterocycles. The van der Waals surface area contributed by atoms with Gasteiger partial charge in [-0.15, -0.1) is 0 Å². The number of hydrogen-bond donors (Lipinski definition) is 2. The Morgan fingerprint density at radius 1 is 1.55 bits per heavy atom. The van der Waals surface area contributed by atoms with Crippen LogP contribution in [-0.2, 0) is 4.74 Å². The Hall–Kier alpha value is -2.07. The summed E-state index contributed by atoms with van der Waals surface area (Å²) in [6.45, 7) is 0. The summed E-state index contributed by atoms with van der Waals surface area (Å²) in [6, 6.07) is -0.768. The lowest BCUT2D eigenvalue weighted by molar-refractivity contribution is -0.00489. The molecule has 0 spiro atoms. The molecular weight excluding hydrogens is 308 g/mol. The van der Waals surface area contributed by atoms with Crippen LogP contribution in [0.2, 0.25) is 0 Å². The summed E-state index contributed by atoms with van der Waals surface area (Å²) in [4.78, 5) is 15.0. The van der Waals surface area contributed by atoms with Crippen molar-refractivity contribution in [3.63, 3.8) is 0 Å². The molecule has 3 rings (SSSR count). The number of anilines is 1. The van der Waals surface area contributed by atoms with Crippen LogP contribution in [0.15, 0.2) is 17.8 Å². The Labute approximate surface area is 129 Å². The molecule has 1 aliphatic heterocycles. The molecule has 0 bridgehead atoms. The third kappa shape index (κ3) is 2.33. The molecule has 0 saturated carbocycles. The molecular formula is C11H14N8O2S. The first kappa shape index (κ1) is 14.9. The third-order valence-corrected chi connectivity index (χ3v) is 4.18. The van der Waals surface area contributed by atoms with Gasteiger partial charge in [0.25, 0.3) is 0 Å². The highest BCUT2D eigenvalue weighted by Gasteiger charge is 2.44. The van der Waals surface area contributed by atoms with E-state index in [1.807, 2.05) is 6.26 Å². The zero-order chi connectivity index (χ0) is 15.7. The molecule has 1 aliphatic rings. The topological polar surface area (TPSA) is 148 Å². The molecule has 0 aliphatic carbocycles. The maximum absolute atomic E-state index is 10.3. The van der Waals surface area contributed by atoms with E-state index in [1.54, 1.807) is 4.57 Å². The Morgan fingerprint density at radius 3 is 3.09 bits per heavy atom. The number of fused-ring (bicyclic) bond motifs is 1. The van der Waals surface area contributed by atoms with Crippen LogP contribution < -0.4 is 5.73 Å². The highest BCUT2D eigenvalue weighted by atomic mass is 32.2. The lowest BCUT2D eigenvalue weighted by atomic mass is 10.1. The smallest absolute Gasteiger partial charge is 0.167 e. The Kier molecular flexibility index (Phi) is 4.03. The lowest BCUT2D eigenvalue weighted by Crippen LogP contribution is -2.31. The van der Waals surface area contributed by atoms with E-state index in [4.69, 9.17) is 16.0 Å². The minimum atomic E-state index is -0.898. The highest BCUT2D eigenvalue weighted by molar-refractivity contribution is 7.98. The summed E-state index contributed by atoms with van der Waals surface area (Å²) >= 11 is 1.54. The van der Waals surface area contributed by atoms with Gasteiger partial charge in [0.15, 0.2) is 11.5 Å². The second-order valence-corrected chi connectivity index (χ2v) is 5.70. The number of aliphatic hydroxyl groups is 1.